The molecule has 11 heteroatoms. The van der Waals surface area contributed by atoms with Gasteiger partial charge in [0.15, 0.2) is 0 Å². The van der Waals surface area contributed by atoms with Crippen LogP contribution in [0.1, 0.15) is 32.8 Å². The summed E-state index contributed by atoms with van der Waals surface area (Å²) < 4.78 is 39.6. The first-order valence-corrected chi connectivity index (χ1v) is 15.0. The molecule has 0 bridgehead atoms. The van der Waals surface area contributed by atoms with Crippen molar-refractivity contribution in [2.75, 3.05) is 25.1 Å². The number of anilines is 1. The Morgan fingerprint density at radius 2 is 1.61 bits per heavy atom. The summed E-state index contributed by atoms with van der Waals surface area (Å²) in [6, 6.07) is 18.4. The number of halogens is 1. The molecule has 3 aromatic rings. The summed E-state index contributed by atoms with van der Waals surface area (Å²) in [5, 5.41) is 3.14. The summed E-state index contributed by atoms with van der Waals surface area (Å²) in [5.41, 5.74) is 0.842. The Labute approximate surface area is 247 Å². The topological polar surface area (TPSA) is 105 Å². The van der Waals surface area contributed by atoms with E-state index in [0.717, 1.165) is 9.87 Å². The number of amides is 2. The molecule has 0 heterocycles. The molecule has 9 nitrogen and oxygen atoms in total. The van der Waals surface area contributed by atoms with Gasteiger partial charge in [-0.25, -0.2) is 8.42 Å². The molecule has 0 aliphatic heterocycles. The maximum atomic E-state index is 14.1. The van der Waals surface area contributed by atoms with Crippen molar-refractivity contribution in [3.63, 3.8) is 0 Å². The molecule has 0 radical (unpaired) electrons. The number of carbonyl (C=O) groups is 2. The third-order valence-corrected chi connectivity index (χ3v) is 8.36. The van der Waals surface area contributed by atoms with Gasteiger partial charge in [-0.2, -0.15) is 0 Å². The molecule has 220 valence electrons. The molecule has 3 rings (SSSR count). The second-order valence-corrected chi connectivity index (χ2v) is 11.9. The molecule has 0 saturated heterocycles. The number of methoxy groups -OCH3 is 2. The summed E-state index contributed by atoms with van der Waals surface area (Å²) in [6.07, 6.45) is 0.312. The molecular formula is C30H36ClN3O6S. The molecule has 2 amide bonds. The van der Waals surface area contributed by atoms with Crippen LogP contribution in [-0.4, -0.2) is 58.0 Å². The largest absolute Gasteiger partial charge is 0.497 e. The van der Waals surface area contributed by atoms with Crippen molar-refractivity contribution in [3.05, 3.63) is 83.4 Å². The highest BCUT2D eigenvalue weighted by Gasteiger charge is 2.35. The van der Waals surface area contributed by atoms with Crippen molar-refractivity contribution in [1.29, 1.82) is 0 Å². The number of sulfonamides is 1. The van der Waals surface area contributed by atoms with E-state index in [1.165, 1.54) is 36.3 Å². The number of hydrogen-bond donors (Lipinski definition) is 1. The zero-order valence-corrected chi connectivity index (χ0v) is 25.4. The zero-order valence-electron chi connectivity index (χ0n) is 23.8. The first-order chi connectivity index (χ1) is 19.5. The van der Waals surface area contributed by atoms with Crippen LogP contribution in [0, 0.1) is 0 Å². The van der Waals surface area contributed by atoms with E-state index in [2.05, 4.69) is 5.32 Å². The van der Waals surface area contributed by atoms with Crippen LogP contribution in [0.4, 0.5) is 5.69 Å². The molecule has 0 aromatic heterocycles. The quantitative estimate of drug-likeness (QED) is 0.299. The molecule has 1 N–H and O–H groups in total. The van der Waals surface area contributed by atoms with Crippen LogP contribution >= 0.6 is 11.6 Å². The summed E-state index contributed by atoms with van der Waals surface area (Å²) in [4.78, 5) is 28.8. The normalized spacial score (nSPS) is 12.0. The molecule has 1 atom stereocenters. The molecule has 0 aliphatic carbocycles. The van der Waals surface area contributed by atoms with E-state index in [1.54, 1.807) is 62.6 Å². The van der Waals surface area contributed by atoms with Gasteiger partial charge in [-0.1, -0.05) is 48.9 Å². The number of hydrogen-bond acceptors (Lipinski definition) is 6. The van der Waals surface area contributed by atoms with Gasteiger partial charge in [-0.05, 0) is 68.3 Å². The maximum absolute atomic E-state index is 14.1. The SMILES string of the molecule is CC[C@H](C(=O)NC(C)C)N(Cc1ccc(OC)cc1)C(=O)CN(c1cc(Cl)ccc1OC)S(=O)(=O)c1ccccc1. The molecule has 0 saturated carbocycles. The Morgan fingerprint density at radius 1 is 0.951 bits per heavy atom. The fourth-order valence-electron chi connectivity index (χ4n) is 4.32. The molecule has 3 aromatic carbocycles. The van der Waals surface area contributed by atoms with Gasteiger partial charge in [0.05, 0.1) is 24.8 Å². The van der Waals surface area contributed by atoms with E-state index in [4.69, 9.17) is 21.1 Å². The predicted octanol–water partition coefficient (Wildman–Crippen LogP) is 4.88. The second kappa shape index (κ2) is 14.2. The van der Waals surface area contributed by atoms with Crippen molar-refractivity contribution in [3.8, 4) is 11.5 Å². The van der Waals surface area contributed by atoms with Gasteiger partial charge in [0.1, 0.15) is 24.1 Å². The predicted molar refractivity (Wildman–Crippen MR) is 160 cm³/mol. The van der Waals surface area contributed by atoms with E-state index < -0.39 is 28.5 Å². The van der Waals surface area contributed by atoms with Gasteiger partial charge in [0.25, 0.3) is 10.0 Å². The lowest BCUT2D eigenvalue weighted by Crippen LogP contribution is -2.53. The Bertz CT molecular complexity index is 1430. The lowest BCUT2D eigenvalue weighted by atomic mass is 10.1. The fourth-order valence-corrected chi connectivity index (χ4v) is 5.92. The summed E-state index contributed by atoms with van der Waals surface area (Å²) in [5.74, 6) is -0.0484. The van der Waals surface area contributed by atoms with Crippen molar-refractivity contribution in [2.24, 2.45) is 0 Å². The zero-order chi connectivity index (χ0) is 30.2. The monoisotopic (exact) mass is 601 g/mol. The number of nitrogens with one attached hydrogen (secondary N) is 1. The van der Waals surface area contributed by atoms with E-state index in [-0.39, 0.29) is 39.8 Å². The van der Waals surface area contributed by atoms with Crippen LogP contribution in [0.2, 0.25) is 5.02 Å². The number of nitrogens with zero attached hydrogens (tertiary/aromatic N) is 2. The van der Waals surface area contributed by atoms with Gasteiger partial charge >= 0.3 is 0 Å². The van der Waals surface area contributed by atoms with Gasteiger partial charge in [-0.3, -0.25) is 13.9 Å². The summed E-state index contributed by atoms with van der Waals surface area (Å²) in [6.45, 7) is 4.94. The average molecular weight is 602 g/mol. The number of benzene rings is 3. The van der Waals surface area contributed by atoms with Crippen LogP contribution in [0.15, 0.2) is 77.7 Å². The third kappa shape index (κ3) is 7.92. The van der Waals surface area contributed by atoms with Crippen molar-refractivity contribution < 1.29 is 27.5 Å². The minimum atomic E-state index is -4.26. The Hall–Kier alpha value is -3.76. The van der Waals surface area contributed by atoms with Crippen LogP contribution < -0.4 is 19.1 Å². The van der Waals surface area contributed by atoms with Gasteiger partial charge < -0.3 is 19.7 Å². The number of ether oxygens (including phenoxy) is 2. The van der Waals surface area contributed by atoms with Gasteiger partial charge in [-0.15, -0.1) is 0 Å². The van der Waals surface area contributed by atoms with Crippen LogP contribution in [-0.2, 0) is 26.2 Å². The van der Waals surface area contributed by atoms with Crippen LogP contribution in [0.25, 0.3) is 0 Å². The summed E-state index contributed by atoms with van der Waals surface area (Å²) in [7, 11) is -1.30. The molecule has 41 heavy (non-hydrogen) atoms. The maximum Gasteiger partial charge on any atom is 0.264 e. The van der Waals surface area contributed by atoms with E-state index in [0.29, 0.717) is 12.2 Å². The number of carbonyl (C=O) groups excluding carboxylic acids is 2. The molecule has 0 fully saturated rings. The summed E-state index contributed by atoms with van der Waals surface area (Å²) >= 11 is 6.27. The molecule has 0 aliphatic rings. The van der Waals surface area contributed by atoms with Gasteiger partial charge in [0, 0.05) is 17.6 Å². The van der Waals surface area contributed by atoms with E-state index in [9.17, 15) is 18.0 Å². The van der Waals surface area contributed by atoms with Crippen LogP contribution in [0.5, 0.6) is 11.5 Å². The average Bonchev–Trinajstić information content (AvgIpc) is 2.96. The second-order valence-electron chi connectivity index (χ2n) is 9.60. The highest BCUT2D eigenvalue weighted by atomic mass is 35.5. The van der Waals surface area contributed by atoms with Crippen molar-refractivity contribution in [1.82, 2.24) is 10.2 Å². The molecule has 0 spiro atoms. The lowest BCUT2D eigenvalue weighted by Gasteiger charge is -2.34. The van der Waals surface area contributed by atoms with E-state index >= 15 is 0 Å². The van der Waals surface area contributed by atoms with E-state index in [1.807, 2.05) is 13.8 Å². The van der Waals surface area contributed by atoms with Crippen molar-refractivity contribution in [2.45, 2.75) is 50.7 Å². The first kappa shape index (κ1) is 31.8. The smallest absolute Gasteiger partial charge is 0.264 e. The molecule has 0 unspecified atom stereocenters. The Kier molecular flexibility index (Phi) is 11.0. The van der Waals surface area contributed by atoms with Crippen molar-refractivity contribution >= 4 is 39.1 Å². The molecular weight excluding hydrogens is 566 g/mol. The van der Waals surface area contributed by atoms with Gasteiger partial charge in [0.2, 0.25) is 11.8 Å². The fraction of sp³-hybridized carbons (Fsp3) is 0.333. The third-order valence-electron chi connectivity index (χ3n) is 6.35. The number of rotatable bonds is 13. The highest BCUT2D eigenvalue weighted by molar-refractivity contribution is 7.92. The minimum absolute atomic E-state index is 0.0128. The lowest BCUT2D eigenvalue weighted by molar-refractivity contribution is -0.140. The Morgan fingerprint density at radius 3 is 2.17 bits per heavy atom. The minimum Gasteiger partial charge on any atom is -0.497 e. The highest BCUT2D eigenvalue weighted by Crippen LogP contribution is 2.35. The van der Waals surface area contributed by atoms with Crippen LogP contribution in [0.3, 0.4) is 0 Å². The Balaban J connectivity index is 2.11. The first-order valence-electron chi connectivity index (χ1n) is 13.2. The standard InChI is InChI=1S/C30H36ClN3O6S/c1-6-26(30(36)32-21(2)3)33(19-22-12-15-24(39-4)16-13-22)29(35)20-34(27-18-23(31)14-17-28(27)40-5)41(37,38)25-10-8-7-9-11-25/h7-18,21,26H,6,19-20H2,1-5H3,(H,32,36)/t26-/m1/s1.